The highest BCUT2D eigenvalue weighted by Crippen LogP contribution is 2.27. The number of rotatable bonds is 2. The summed E-state index contributed by atoms with van der Waals surface area (Å²) in [5.74, 6) is -0.990. The zero-order chi connectivity index (χ0) is 11.8. The van der Waals surface area contributed by atoms with Gasteiger partial charge in [-0.3, -0.25) is 25.1 Å². The Morgan fingerprint density at radius 3 is 2.06 bits per heavy atom. The summed E-state index contributed by atoms with van der Waals surface area (Å²) in [6.07, 6.45) is 2.34. The van der Waals surface area contributed by atoms with Gasteiger partial charge < -0.3 is 0 Å². The number of likely N-dealkylation sites (tertiary alicyclic amines) is 1. The van der Waals surface area contributed by atoms with Gasteiger partial charge in [-0.1, -0.05) is 6.92 Å². The van der Waals surface area contributed by atoms with Crippen LogP contribution < -0.4 is 10.6 Å². The summed E-state index contributed by atoms with van der Waals surface area (Å²) in [5, 5.41) is 4.35. The van der Waals surface area contributed by atoms with E-state index in [2.05, 4.69) is 10.6 Å². The van der Waals surface area contributed by atoms with Crippen LogP contribution in [0.2, 0.25) is 0 Å². The van der Waals surface area contributed by atoms with E-state index in [0.29, 0.717) is 6.42 Å². The van der Waals surface area contributed by atoms with Crippen molar-refractivity contribution in [1.29, 1.82) is 0 Å². The molecule has 2 rings (SSSR count). The van der Waals surface area contributed by atoms with Crippen LogP contribution in [0.4, 0.5) is 4.79 Å². The highest BCUT2D eigenvalue weighted by Gasteiger charge is 2.53. The molecule has 0 spiro atoms. The van der Waals surface area contributed by atoms with Crippen molar-refractivity contribution >= 4 is 17.8 Å². The average molecular weight is 225 g/mol. The van der Waals surface area contributed by atoms with E-state index >= 15 is 0 Å². The minimum Gasteiger partial charge on any atom is -0.282 e. The van der Waals surface area contributed by atoms with Gasteiger partial charge >= 0.3 is 6.03 Å². The molecular weight excluding hydrogens is 210 g/mol. The van der Waals surface area contributed by atoms with Crippen LogP contribution in [0, 0.1) is 0 Å². The Kier molecular flexibility index (Phi) is 2.67. The molecule has 2 aliphatic heterocycles. The first-order valence-corrected chi connectivity index (χ1v) is 5.53. The topological polar surface area (TPSA) is 78.5 Å². The smallest absolute Gasteiger partial charge is 0.282 e. The van der Waals surface area contributed by atoms with Crippen molar-refractivity contribution in [3.8, 4) is 0 Å². The number of hydrogen-bond donors (Lipinski definition) is 2. The van der Waals surface area contributed by atoms with E-state index in [-0.39, 0.29) is 0 Å². The maximum Gasteiger partial charge on any atom is 0.328 e. The van der Waals surface area contributed by atoms with E-state index in [9.17, 15) is 14.4 Å². The van der Waals surface area contributed by atoms with Crippen molar-refractivity contribution in [3.63, 3.8) is 0 Å². The molecule has 0 unspecified atom stereocenters. The summed E-state index contributed by atoms with van der Waals surface area (Å²) in [4.78, 5) is 36.7. The van der Waals surface area contributed by atoms with Crippen molar-refractivity contribution in [1.82, 2.24) is 15.5 Å². The third-order valence-electron chi connectivity index (χ3n) is 3.36. The number of imide groups is 2. The van der Waals surface area contributed by atoms with Crippen molar-refractivity contribution in [2.45, 2.75) is 31.7 Å². The molecule has 16 heavy (non-hydrogen) atoms. The van der Waals surface area contributed by atoms with Gasteiger partial charge in [-0.25, -0.2) is 4.79 Å². The molecule has 88 valence electrons. The Balaban J connectivity index is 2.33. The van der Waals surface area contributed by atoms with Crippen LogP contribution in [0.3, 0.4) is 0 Å². The standard InChI is InChI=1S/C10H15N3O3/c1-2-10(13-5-3-4-6-13)7(14)11-9(16)12-8(10)15/h2-6H2,1H3,(H2,11,12,14,15,16). The Morgan fingerprint density at radius 1 is 1.12 bits per heavy atom. The predicted octanol–water partition coefficient (Wildman–Crippen LogP) is -0.403. The van der Waals surface area contributed by atoms with Gasteiger partial charge in [0.1, 0.15) is 0 Å². The highest BCUT2D eigenvalue weighted by molar-refractivity contribution is 6.22. The number of urea groups is 1. The lowest BCUT2D eigenvalue weighted by molar-refractivity contribution is -0.147. The maximum absolute atomic E-state index is 11.9. The summed E-state index contributed by atoms with van der Waals surface area (Å²) in [5.41, 5.74) is -1.19. The molecule has 0 bridgehead atoms. The van der Waals surface area contributed by atoms with Crippen LogP contribution in [0.5, 0.6) is 0 Å². The molecule has 6 nitrogen and oxygen atoms in total. The van der Waals surface area contributed by atoms with Gasteiger partial charge in [0.15, 0.2) is 5.54 Å². The second-order valence-electron chi connectivity index (χ2n) is 4.15. The molecule has 2 N–H and O–H groups in total. The second-order valence-corrected chi connectivity index (χ2v) is 4.15. The Hall–Kier alpha value is -1.43. The fraction of sp³-hybridized carbons (Fsp3) is 0.700. The van der Waals surface area contributed by atoms with Gasteiger partial charge in [0, 0.05) is 0 Å². The number of nitrogens with zero attached hydrogens (tertiary/aromatic N) is 1. The molecule has 2 heterocycles. The molecule has 2 saturated heterocycles. The molecule has 2 fully saturated rings. The second kappa shape index (κ2) is 3.86. The maximum atomic E-state index is 11.9. The lowest BCUT2D eigenvalue weighted by atomic mass is 9.90. The number of carbonyl (C=O) groups is 3. The minimum atomic E-state index is -1.19. The molecular formula is C10H15N3O3. The predicted molar refractivity (Wildman–Crippen MR) is 55.5 cm³/mol. The fourth-order valence-corrected chi connectivity index (χ4v) is 2.48. The van der Waals surface area contributed by atoms with Gasteiger partial charge in [0.05, 0.1) is 0 Å². The molecule has 0 aromatic heterocycles. The molecule has 0 aliphatic carbocycles. The summed E-state index contributed by atoms with van der Waals surface area (Å²) in [6, 6.07) is -0.724. The Labute approximate surface area is 93.4 Å². The lowest BCUT2D eigenvalue weighted by Crippen LogP contribution is -2.72. The van der Waals surface area contributed by atoms with Crippen LogP contribution in [0.15, 0.2) is 0 Å². The number of nitrogens with one attached hydrogen (secondary N) is 2. The molecule has 0 atom stereocenters. The lowest BCUT2D eigenvalue weighted by Gasteiger charge is -2.40. The molecule has 6 heteroatoms. The monoisotopic (exact) mass is 225 g/mol. The number of hydrogen-bond acceptors (Lipinski definition) is 4. The first-order chi connectivity index (χ1) is 7.61. The zero-order valence-electron chi connectivity index (χ0n) is 9.21. The van der Waals surface area contributed by atoms with E-state index < -0.39 is 23.4 Å². The van der Waals surface area contributed by atoms with E-state index in [0.717, 1.165) is 25.9 Å². The molecule has 0 aromatic carbocycles. The van der Waals surface area contributed by atoms with E-state index in [1.54, 1.807) is 6.92 Å². The first kappa shape index (κ1) is 11.1. The average Bonchev–Trinajstić information content (AvgIpc) is 2.71. The largest absolute Gasteiger partial charge is 0.328 e. The Bertz CT molecular complexity index is 327. The van der Waals surface area contributed by atoms with Crippen molar-refractivity contribution in [2.75, 3.05) is 13.1 Å². The van der Waals surface area contributed by atoms with Crippen LogP contribution in [-0.4, -0.2) is 41.4 Å². The summed E-state index contributed by atoms with van der Waals surface area (Å²) >= 11 is 0. The molecule has 0 aromatic rings. The fourth-order valence-electron chi connectivity index (χ4n) is 2.48. The quantitative estimate of drug-likeness (QED) is 0.627. The number of amides is 4. The minimum absolute atomic E-state index is 0.373. The van der Waals surface area contributed by atoms with Gasteiger partial charge in [-0.15, -0.1) is 0 Å². The molecule has 4 amide bonds. The van der Waals surface area contributed by atoms with Crippen LogP contribution in [-0.2, 0) is 9.59 Å². The number of carbonyl (C=O) groups excluding carboxylic acids is 3. The van der Waals surface area contributed by atoms with Crippen LogP contribution >= 0.6 is 0 Å². The summed E-state index contributed by atoms with van der Waals surface area (Å²) < 4.78 is 0. The van der Waals surface area contributed by atoms with Crippen LogP contribution in [0.1, 0.15) is 26.2 Å². The van der Waals surface area contributed by atoms with E-state index in [1.807, 2.05) is 4.90 Å². The van der Waals surface area contributed by atoms with Crippen LogP contribution in [0.25, 0.3) is 0 Å². The molecule has 2 aliphatic rings. The van der Waals surface area contributed by atoms with Gasteiger partial charge in [0.2, 0.25) is 0 Å². The third-order valence-corrected chi connectivity index (χ3v) is 3.36. The van der Waals surface area contributed by atoms with Gasteiger partial charge in [0.25, 0.3) is 11.8 Å². The SMILES string of the molecule is CCC1(N2CCCC2)C(=O)NC(=O)NC1=O. The zero-order valence-corrected chi connectivity index (χ0v) is 9.21. The molecule has 0 saturated carbocycles. The highest BCUT2D eigenvalue weighted by atomic mass is 16.2. The molecule has 0 radical (unpaired) electrons. The van der Waals surface area contributed by atoms with E-state index in [4.69, 9.17) is 0 Å². The van der Waals surface area contributed by atoms with Crippen molar-refractivity contribution < 1.29 is 14.4 Å². The number of barbiturate groups is 1. The van der Waals surface area contributed by atoms with Gasteiger partial charge in [-0.05, 0) is 32.4 Å². The van der Waals surface area contributed by atoms with Crippen molar-refractivity contribution in [3.05, 3.63) is 0 Å². The normalized spacial score (nSPS) is 25.4. The van der Waals surface area contributed by atoms with E-state index in [1.165, 1.54) is 0 Å². The van der Waals surface area contributed by atoms with Crippen molar-refractivity contribution in [2.24, 2.45) is 0 Å². The third kappa shape index (κ3) is 1.41. The Morgan fingerprint density at radius 2 is 1.62 bits per heavy atom. The first-order valence-electron chi connectivity index (χ1n) is 5.53. The summed E-state index contributed by atoms with van der Waals surface area (Å²) in [6.45, 7) is 3.24. The van der Waals surface area contributed by atoms with Gasteiger partial charge in [-0.2, -0.15) is 0 Å². The summed E-state index contributed by atoms with van der Waals surface area (Å²) in [7, 11) is 0.